The van der Waals surface area contributed by atoms with Gasteiger partial charge in [-0.3, -0.25) is 14.9 Å². The molecule has 0 aliphatic heterocycles. The average molecular weight is 295 g/mol. The Balaban J connectivity index is 3.10. The standard InChI is InChI=1S/C14H21N3O4/c1-9(2)14(3,8-15)16-13(18)11-6-5-10(17(19)20)7-12(11)21-4/h5-7,9H,8,15H2,1-4H3,(H,16,18). The van der Waals surface area contributed by atoms with E-state index >= 15 is 0 Å². The molecule has 1 unspecified atom stereocenters. The third-order valence-electron chi connectivity index (χ3n) is 3.74. The van der Waals surface area contributed by atoms with Crippen LogP contribution in [-0.4, -0.2) is 30.0 Å². The molecule has 3 N–H and O–H groups in total. The van der Waals surface area contributed by atoms with Gasteiger partial charge in [0, 0.05) is 12.6 Å². The van der Waals surface area contributed by atoms with Crippen LogP contribution in [0.5, 0.6) is 5.75 Å². The molecule has 0 bridgehead atoms. The van der Waals surface area contributed by atoms with Gasteiger partial charge in [-0.15, -0.1) is 0 Å². The van der Waals surface area contributed by atoms with Gasteiger partial charge in [-0.1, -0.05) is 13.8 Å². The number of ether oxygens (including phenoxy) is 1. The first-order valence-electron chi connectivity index (χ1n) is 6.60. The van der Waals surface area contributed by atoms with Gasteiger partial charge in [0.1, 0.15) is 5.75 Å². The third kappa shape index (κ3) is 3.69. The summed E-state index contributed by atoms with van der Waals surface area (Å²) in [6.45, 7) is 6.06. The lowest BCUT2D eigenvalue weighted by Crippen LogP contribution is -2.55. The van der Waals surface area contributed by atoms with Crippen LogP contribution in [-0.2, 0) is 0 Å². The number of amides is 1. The second-order valence-electron chi connectivity index (χ2n) is 5.37. The van der Waals surface area contributed by atoms with Gasteiger partial charge in [0.15, 0.2) is 0 Å². The topological polar surface area (TPSA) is 107 Å². The Kier molecular flexibility index (Phi) is 5.26. The number of nitrogens with two attached hydrogens (primary N) is 1. The molecule has 0 aliphatic rings. The smallest absolute Gasteiger partial charge is 0.273 e. The molecule has 1 aromatic carbocycles. The molecule has 0 saturated heterocycles. The molecular formula is C14H21N3O4. The van der Waals surface area contributed by atoms with Crippen molar-refractivity contribution in [3.8, 4) is 5.75 Å². The molecule has 0 aliphatic carbocycles. The lowest BCUT2D eigenvalue weighted by molar-refractivity contribution is -0.384. The van der Waals surface area contributed by atoms with Crippen molar-refractivity contribution < 1.29 is 14.5 Å². The van der Waals surface area contributed by atoms with Gasteiger partial charge in [0.05, 0.1) is 29.2 Å². The Labute approximate surface area is 123 Å². The first kappa shape index (κ1) is 16.9. The molecule has 1 atom stereocenters. The summed E-state index contributed by atoms with van der Waals surface area (Å²) in [6.07, 6.45) is 0. The van der Waals surface area contributed by atoms with Crippen molar-refractivity contribution in [3.05, 3.63) is 33.9 Å². The number of carbonyl (C=O) groups is 1. The maximum atomic E-state index is 12.4. The van der Waals surface area contributed by atoms with Crippen molar-refractivity contribution in [1.29, 1.82) is 0 Å². The van der Waals surface area contributed by atoms with E-state index in [0.29, 0.717) is 0 Å². The highest BCUT2D eigenvalue weighted by Gasteiger charge is 2.30. The van der Waals surface area contributed by atoms with Gasteiger partial charge >= 0.3 is 0 Å². The number of rotatable bonds is 6. The Morgan fingerprint density at radius 3 is 2.57 bits per heavy atom. The molecule has 116 valence electrons. The summed E-state index contributed by atoms with van der Waals surface area (Å²) in [4.78, 5) is 22.6. The van der Waals surface area contributed by atoms with E-state index in [4.69, 9.17) is 10.5 Å². The van der Waals surface area contributed by atoms with Crippen molar-refractivity contribution >= 4 is 11.6 Å². The summed E-state index contributed by atoms with van der Waals surface area (Å²) in [5.74, 6) is -0.0799. The zero-order valence-corrected chi connectivity index (χ0v) is 12.7. The summed E-state index contributed by atoms with van der Waals surface area (Å²) in [5.41, 5.74) is 5.28. The fourth-order valence-electron chi connectivity index (χ4n) is 1.74. The molecule has 1 aromatic rings. The fourth-order valence-corrected chi connectivity index (χ4v) is 1.74. The number of nitrogens with one attached hydrogen (secondary N) is 1. The van der Waals surface area contributed by atoms with Crippen LogP contribution in [0.3, 0.4) is 0 Å². The lowest BCUT2D eigenvalue weighted by atomic mass is 9.88. The van der Waals surface area contributed by atoms with Crippen molar-refractivity contribution in [2.45, 2.75) is 26.3 Å². The largest absolute Gasteiger partial charge is 0.496 e. The number of carbonyl (C=O) groups excluding carboxylic acids is 1. The molecule has 7 heteroatoms. The minimum absolute atomic E-state index is 0.131. The van der Waals surface area contributed by atoms with E-state index in [9.17, 15) is 14.9 Å². The van der Waals surface area contributed by atoms with Crippen LogP contribution in [0.25, 0.3) is 0 Å². The second-order valence-corrected chi connectivity index (χ2v) is 5.37. The summed E-state index contributed by atoms with van der Waals surface area (Å²) in [7, 11) is 1.36. The molecular weight excluding hydrogens is 274 g/mol. The van der Waals surface area contributed by atoms with Gasteiger partial charge in [-0.05, 0) is 18.9 Å². The average Bonchev–Trinajstić information content (AvgIpc) is 2.45. The number of nitrogens with zero attached hydrogens (tertiary/aromatic N) is 1. The number of benzene rings is 1. The highest BCUT2D eigenvalue weighted by Crippen LogP contribution is 2.25. The van der Waals surface area contributed by atoms with Crippen LogP contribution >= 0.6 is 0 Å². The number of hydrogen-bond acceptors (Lipinski definition) is 5. The van der Waals surface area contributed by atoms with E-state index < -0.39 is 10.5 Å². The molecule has 1 amide bonds. The summed E-state index contributed by atoms with van der Waals surface area (Å²) in [5, 5.41) is 13.6. The van der Waals surface area contributed by atoms with Crippen LogP contribution in [0, 0.1) is 16.0 Å². The second kappa shape index (κ2) is 6.53. The molecule has 21 heavy (non-hydrogen) atoms. The van der Waals surface area contributed by atoms with Gasteiger partial charge in [-0.25, -0.2) is 0 Å². The van der Waals surface area contributed by atoms with Gasteiger partial charge in [-0.2, -0.15) is 0 Å². The van der Waals surface area contributed by atoms with Gasteiger partial charge < -0.3 is 15.8 Å². The van der Waals surface area contributed by atoms with E-state index in [2.05, 4.69) is 5.32 Å². The molecule has 7 nitrogen and oxygen atoms in total. The molecule has 0 radical (unpaired) electrons. The number of methoxy groups -OCH3 is 1. The van der Waals surface area contributed by atoms with Gasteiger partial charge in [0.25, 0.3) is 11.6 Å². The van der Waals surface area contributed by atoms with Crippen LogP contribution < -0.4 is 15.8 Å². The quantitative estimate of drug-likeness (QED) is 0.613. The first-order chi connectivity index (χ1) is 9.75. The zero-order valence-electron chi connectivity index (χ0n) is 12.7. The van der Waals surface area contributed by atoms with Crippen LogP contribution in [0.2, 0.25) is 0 Å². The monoisotopic (exact) mass is 295 g/mol. The van der Waals surface area contributed by atoms with Crippen LogP contribution in [0.4, 0.5) is 5.69 Å². The molecule has 1 rings (SSSR count). The van der Waals surface area contributed by atoms with E-state index in [-0.39, 0.29) is 35.4 Å². The summed E-state index contributed by atoms with van der Waals surface area (Å²) < 4.78 is 5.07. The van der Waals surface area contributed by atoms with Crippen molar-refractivity contribution in [2.75, 3.05) is 13.7 Å². The molecule has 0 saturated carbocycles. The van der Waals surface area contributed by atoms with Gasteiger partial charge in [0.2, 0.25) is 0 Å². The van der Waals surface area contributed by atoms with E-state index in [1.165, 1.54) is 25.3 Å². The van der Waals surface area contributed by atoms with Crippen molar-refractivity contribution in [3.63, 3.8) is 0 Å². The predicted octanol–water partition coefficient (Wildman–Crippen LogP) is 1.71. The van der Waals surface area contributed by atoms with E-state index in [1.807, 2.05) is 20.8 Å². The first-order valence-corrected chi connectivity index (χ1v) is 6.60. The van der Waals surface area contributed by atoms with Crippen molar-refractivity contribution in [1.82, 2.24) is 5.32 Å². The van der Waals surface area contributed by atoms with E-state index in [1.54, 1.807) is 0 Å². The number of non-ortho nitro benzene ring substituents is 1. The normalized spacial score (nSPS) is 13.6. The number of nitro benzene ring substituents is 1. The maximum absolute atomic E-state index is 12.4. The van der Waals surface area contributed by atoms with Crippen LogP contribution in [0.1, 0.15) is 31.1 Å². The minimum atomic E-state index is -0.566. The number of hydrogen-bond donors (Lipinski definition) is 2. The Bertz CT molecular complexity index is 545. The summed E-state index contributed by atoms with van der Waals surface area (Å²) in [6, 6.07) is 3.88. The lowest BCUT2D eigenvalue weighted by Gasteiger charge is -2.33. The number of nitro groups is 1. The predicted molar refractivity (Wildman–Crippen MR) is 79.4 cm³/mol. The molecule has 0 heterocycles. The van der Waals surface area contributed by atoms with Crippen molar-refractivity contribution in [2.24, 2.45) is 11.7 Å². The highest BCUT2D eigenvalue weighted by molar-refractivity contribution is 5.97. The Morgan fingerprint density at radius 1 is 1.52 bits per heavy atom. The Morgan fingerprint density at radius 2 is 2.14 bits per heavy atom. The highest BCUT2D eigenvalue weighted by atomic mass is 16.6. The minimum Gasteiger partial charge on any atom is -0.496 e. The zero-order chi connectivity index (χ0) is 16.2. The summed E-state index contributed by atoms with van der Waals surface area (Å²) >= 11 is 0. The fraction of sp³-hybridized carbons (Fsp3) is 0.500. The Hall–Kier alpha value is -2.15. The maximum Gasteiger partial charge on any atom is 0.273 e. The van der Waals surface area contributed by atoms with Crippen LogP contribution in [0.15, 0.2) is 18.2 Å². The third-order valence-corrected chi connectivity index (χ3v) is 3.74. The van der Waals surface area contributed by atoms with E-state index in [0.717, 1.165) is 0 Å². The molecule has 0 aromatic heterocycles. The molecule has 0 fully saturated rings. The molecule has 0 spiro atoms. The SMILES string of the molecule is COc1cc([N+](=O)[O-])ccc1C(=O)NC(C)(CN)C(C)C.